The standard InChI is InChI=1S/C24H24N2O4/c1-3-21(17-11-13-19(29-2)14-12-17)25-24(28)22(16-20-10-7-15-30-20)26-23(27)18-8-5-4-6-9-18/h4-16,21H,3H2,1-2H3,(H,25,28)(H,26,27)/b22-16-/t21-/m0/s1. The van der Waals surface area contributed by atoms with Crippen LogP contribution in [0.2, 0.25) is 0 Å². The van der Waals surface area contributed by atoms with Crippen molar-refractivity contribution in [2.75, 3.05) is 7.11 Å². The Morgan fingerprint density at radius 1 is 1.03 bits per heavy atom. The molecular weight excluding hydrogens is 380 g/mol. The van der Waals surface area contributed by atoms with Gasteiger partial charge in [-0.3, -0.25) is 9.59 Å². The van der Waals surface area contributed by atoms with Crippen molar-refractivity contribution < 1.29 is 18.7 Å². The predicted octanol–water partition coefficient (Wildman–Crippen LogP) is 4.33. The summed E-state index contributed by atoms with van der Waals surface area (Å²) in [6.45, 7) is 1.98. The van der Waals surface area contributed by atoms with E-state index in [4.69, 9.17) is 9.15 Å². The van der Waals surface area contributed by atoms with E-state index >= 15 is 0 Å². The van der Waals surface area contributed by atoms with Crippen LogP contribution in [-0.4, -0.2) is 18.9 Å². The molecular formula is C24H24N2O4. The Morgan fingerprint density at radius 2 is 1.77 bits per heavy atom. The number of hydrogen-bond donors (Lipinski definition) is 2. The molecule has 3 rings (SSSR count). The zero-order valence-electron chi connectivity index (χ0n) is 16.9. The molecule has 6 heteroatoms. The van der Waals surface area contributed by atoms with Crippen molar-refractivity contribution in [1.29, 1.82) is 0 Å². The van der Waals surface area contributed by atoms with Crippen LogP contribution >= 0.6 is 0 Å². The molecule has 0 fully saturated rings. The molecule has 2 amide bonds. The lowest BCUT2D eigenvalue weighted by Crippen LogP contribution is -2.36. The number of furan rings is 1. The third kappa shape index (κ3) is 5.38. The van der Waals surface area contributed by atoms with Crippen LogP contribution in [0.1, 0.15) is 41.1 Å². The van der Waals surface area contributed by atoms with Crippen LogP contribution in [0.15, 0.2) is 83.1 Å². The van der Waals surface area contributed by atoms with Crippen molar-refractivity contribution >= 4 is 17.9 Å². The van der Waals surface area contributed by atoms with E-state index in [0.717, 1.165) is 11.3 Å². The lowest BCUT2D eigenvalue weighted by Gasteiger charge is -2.19. The molecule has 0 bridgehead atoms. The molecule has 30 heavy (non-hydrogen) atoms. The Bertz CT molecular complexity index is 993. The third-order valence-corrected chi connectivity index (χ3v) is 4.59. The average molecular weight is 404 g/mol. The fourth-order valence-corrected chi connectivity index (χ4v) is 2.95. The number of hydrogen-bond acceptors (Lipinski definition) is 4. The van der Waals surface area contributed by atoms with Crippen LogP contribution < -0.4 is 15.4 Å². The monoisotopic (exact) mass is 404 g/mol. The summed E-state index contributed by atoms with van der Waals surface area (Å²) in [4.78, 5) is 25.6. The van der Waals surface area contributed by atoms with Gasteiger partial charge in [0.15, 0.2) is 0 Å². The van der Waals surface area contributed by atoms with Gasteiger partial charge in [0.2, 0.25) is 0 Å². The summed E-state index contributed by atoms with van der Waals surface area (Å²) in [6.07, 6.45) is 3.70. The molecule has 3 aromatic rings. The number of methoxy groups -OCH3 is 1. The molecule has 1 aromatic heterocycles. The van der Waals surface area contributed by atoms with Gasteiger partial charge in [-0.25, -0.2) is 0 Å². The van der Waals surface area contributed by atoms with Crippen LogP contribution in [0.4, 0.5) is 0 Å². The molecule has 154 valence electrons. The first-order valence-electron chi connectivity index (χ1n) is 9.67. The topological polar surface area (TPSA) is 80.6 Å². The minimum atomic E-state index is -0.404. The smallest absolute Gasteiger partial charge is 0.268 e. The molecule has 2 N–H and O–H groups in total. The van der Waals surface area contributed by atoms with Crippen LogP contribution in [-0.2, 0) is 4.79 Å². The van der Waals surface area contributed by atoms with E-state index in [9.17, 15) is 9.59 Å². The SMILES string of the molecule is CC[C@H](NC(=O)/C(=C/c1ccco1)NC(=O)c1ccccc1)c1ccc(OC)cc1. The van der Waals surface area contributed by atoms with Crippen LogP contribution in [0.5, 0.6) is 5.75 Å². The Kier molecular flexibility index (Phi) is 7.05. The first-order chi connectivity index (χ1) is 14.6. The van der Waals surface area contributed by atoms with E-state index in [1.807, 2.05) is 37.3 Å². The minimum Gasteiger partial charge on any atom is -0.497 e. The van der Waals surface area contributed by atoms with E-state index in [1.165, 1.54) is 12.3 Å². The molecule has 0 saturated carbocycles. The highest BCUT2D eigenvalue weighted by Crippen LogP contribution is 2.20. The van der Waals surface area contributed by atoms with Gasteiger partial charge in [-0.15, -0.1) is 0 Å². The maximum absolute atomic E-state index is 13.0. The number of nitrogens with one attached hydrogen (secondary N) is 2. The lowest BCUT2D eigenvalue weighted by atomic mass is 10.0. The molecule has 0 aliphatic rings. The van der Waals surface area contributed by atoms with Crippen molar-refractivity contribution in [3.8, 4) is 5.75 Å². The van der Waals surface area contributed by atoms with Gasteiger partial charge in [0, 0.05) is 11.6 Å². The largest absolute Gasteiger partial charge is 0.497 e. The maximum Gasteiger partial charge on any atom is 0.268 e. The van der Waals surface area contributed by atoms with Gasteiger partial charge in [-0.05, 0) is 48.4 Å². The molecule has 2 aromatic carbocycles. The molecule has 0 saturated heterocycles. The predicted molar refractivity (Wildman–Crippen MR) is 115 cm³/mol. The summed E-state index contributed by atoms with van der Waals surface area (Å²) in [7, 11) is 1.61. The third-order valence-electron chi connectivity index (χ3n) is 4.59. The van der Waals surface area contributed by atoms with Crippen molar-refractivity contribution in [1.82, 2.24) is 10.6 Å². The van der Waals surface area contributed by atoms with E-state index in [2.05, 4.69) is 10.6 Å². The van der Waals surface area contributed by atoms with Crippen molar-refractivity contribution in [3.05, 3.63) is 95.6 Å². The van der Waals surface area contributed by atoms with Crippen molar-refractivity contribution in [2.45, 2.75) is 19.4 Å². The first kappa shape index (κ1) is 20.9. The van der Waals surface area contributed by atoms with Gasteiger partial charge in [0.1, 0.15) is 17.2 Å². The summed E-state index contributed by atoms with van der Waals surface area (Å²) in [5.74, 6) is 0.430. The van der Waals surface area contributed by atoms with E-state index in [-0.39, 0.29) is 17.6 Å². The number of ether oxygens (including phenoxy) is 1. The zero-order chi connectivity index (χ0) is 21.3. The molecule has 0 aliphatic heterocycles. The second-order valence-corrected chi connectivity index (χ2v) is 6.60. The average Bonchev–Trinajstić information content (AvgIpc) is 3.30. The molecule has 0 radical (unpaired) electrons. The summed E-state index contributed by atoms with van der Waals surface area (Å²) >= 11 is 0. The van der Waals surface area contributed by atoms with Gasteiger partial charge < -0.3 is 19.8 Å². The Labute approximate surface area is 175 Å². The van der Waals surface area contributed by atoms with Crippen LogP contribution in [0, 0.1) is 0 Å². The molecule has 1 heterocycles. The Morgan fingerprint density at radius 3 is 2.37 bits per heavy atom. The molecule has 0 aliphatic carbocycles. The van der Waals surface area contributed by atoms with Crippen LogP contribution in [0.25, 0.3) is 6.08 Å². The highest BCUT2D eigenvalue weighted by atomic mass is 16.5. The molecule has 0 spiro atoms. The van der Waals surface area contributed by atoms with Crippen molar-refractivity contribution in [2.24, 2.45) is 0 Å². The fourth-order valence-electron chi connectivity index (χ4n) is 2.95. The summed E-state index contributed by atoms with van der Waals surface area (Å²) in [6, 6.07) is 19.4. The van der Waals surface area contributed by atoms with E-state index in [0.29, 0.717) is 17.7 Å². The zero-order valence-corrected chi connectivity index (χ0v) is 16.9. The molecule has 0 unspecified atom stereocenters. The number of carbonyl (C=O) groups is 2. The maximum atomic E-state index is 13.0. The van der Waals surface area contributed by atoms with Gasteiger partial charge in [-0.1, -0.05) is 37.3 Å². The highest BCUT2D eigenvalue weighted by Gasteiger charge is 2.19. The van der Waals surface area contributed by atoms with E-state index in [1.54, 1.807) is 43.5 Å². The number of amides is 2. The second kappa shape index (κ2) is 10.1. The Balaban J connectivity index is 1.81. The normalized spacial score (nSPS) is 12.1. The van der Waals surface area contributed by atoms with Gasteiger partial charge in [0.25, 0.3) is 11.8 Å². The minimum absolute atomic E-state index is 0.103. The van der Waals surface area contributed by atoms with Crippen molar-refractivity contribution in [3.63, 3.8) is 0 Å². The quantitative estimate of drug-likeness (QED) is 0.548. The number of rotatable bonds is 8. The number of benzene rings is 2. The highest BCUT2D eigenvalue weighted by molar-refractivity contribution is 6.05. The van der Waals surface area contributed by atoms with E-state index < -0.39 is 5.91 Å². The Hall–Kier alpha value is -3.80. The van der Waals surface area contributed by atoms with Gasteiger partial charge in [0.05, 0.1) is 19.4 Å². The summed E-state index contributed by atoms with van der Waals surface area (Å²) in [5.41, 5.74) is 1.50. The summed E-state index contributed by atoms with van der Waals surface area (Å²) in [5, 5.41) is 5.69. The first-order valence-corrected chi connectivity index (χ1v) is 9.67. The molecule has 1 atom stereocenters. The van der Waals surface area contributed by atoms with Gasteiger partial charge >= 0.3 is 0 Å². The second-order valence-electron chi connectivity index (χ2n) is 6.60. The number of carbonyl (C=O) groups excluding carboxylic acids is 2. The molecule has 6 nitrogen and oxygen atoms in total. The van der Waals surface area contributed by atoms with Gasteiger partial charge in [-0.2, -0.15) is 0 Å². The summed E-state index contributed by atoms with van der Waals surface area (Å²) < 4.78 is 10.5. The fraction of sp³-hybridized carbons (Fsp3) is 0.167. The lowest BCUT2D eigenvalue weighted by molar-refractivity contribution is -0.118. The van der Waals surface area contributed by atoms with Crippen LogP contribution in [0.3, 0.4) is 0 Å².